The van der Waals surface area contributed by atoms with Crippen molar-refractivity contribution < 1.29 is 0 Å². The Morgan fingerprint density at radius 2 is 1.84 bits per heavy atom. The Bertz CT molecular complexity index is 822. The van der Waals surface area contributed by atoms with Gasteiger partial charge >= 0.3 is 4.87 Å². The molecule has 3 nitrogen and oxygen atoms in total. The van der Waals surface area contributed by atoms with Gasteiger partial charge in [-0.2, -0.15) is 5.26 Å². The van der Waals surface area contributed by atoms with Gasteiger partial charge in [-0.05, 0) is 29.8 Å². The highest BCUT2D eigenvalue weighted by molar-refractivity contribution is 7.16. The summed E-state index contributed by atoms with van der Waals surface area (Å²) in [6.07, 6.45) is 0. The Morgan fingerprint density at radius 1 is 1.11 bits per heavy atom. The average molecular weight is 266 g/mol. The molecule has 3 aromatic rings. The van der Waals surface area contributed by atoms with Crippen LogP contribution in [-0.4, -0.2) is 4.57 Å². The maximum absolute atomic E-state index is 12.0. The number of thiazole rings is 1. The predicted molar refractivity (Wildman–Crippen MR) is 76.3 cm³/mol. The maximum Gasteiger partial charge on any atom is 0.308 e. The van der Waals surface area contributed by atoms with Crippen molar-refractivity contribution in [1.82, 2.24) is 4.57 Å². The van der Waals surface area contributed by atoms with Crippen molar-refractivity contribution in [2.75, 3.05) is 0 Å². The predicted octanol–water partition coefficient (Wildman–Crippen LogP) is 2.98. The summed E-state index contributed by atoms with van der Waals surface area (Å²) in [5.74, 6) is 0. The van der Waals surface area contributed by atoms with Crippen LogP contribution in [0.3, 0.4) is 0 Å². The van der Waals surface area contributed by atoms with E-state index in [4.69, 9.17) is 5.26 Å². The fourth-order valence-electron chi connectivity index (χ4n) is 2.03. The van der Waals surface area contributed by atoms with Gasteiger partial charge < -0.3 is 0 Å². The molecule has 0 fully saturated rings. The summed E-state index contributed by atoms with van der Waals surface area (Å²) in [6, 6.07) is 17.2. The summed E-state index contributed by atoms with van der Waals surface area (Å²) in [4.78, 5) is 12.0. The van der Waals surface area contributed by atoms with Crippen LogP contribution in [0.2, 0.25) is 0 Å². The van der Waals surface area contributed by atoms with E-state index in [1.54, 1.807) is 16.7 Å². The van der Waals surface area contributed by atoms with Gasteiger partial charge in [0.25, 0.3) is 0 Å². The van der Waals surface area contributed by atoms with Gasteiger partial charge in [0.15, 0.2) is 0 Å². The van der Waals surface area contributed by atoms with Crippen LogP contribution in [0.25, 0.3) is 10.2 Å². The van der Waals surface area contributed by atoms with Gasteiger partial charge in [-0.1, -0.05) is 35.6 Å². The van der Waals surface area contributed by atoms with E-state index in [2.05, 4.69) is 6.07 Å². The fraction of sp³-hybridized carbons (Fsp3) is 0.0667. The van der Waals surface area contributed by atoms with Gasteiger partial charge in [0.2, 0.25) is 0 Å². The van der Waals surface area contributed by atoms with E-state index in [-0.39, 0.29) is 4.87 Å². The van der Waals surface area contributed by atoms with Gasteiger partial charge in [0, 0.05) is 0 Å². The molecule has 19 heavy (non-hydrogen) atoms. The number of benzene rings is 2. The smallest absolute Gasteiger partial charge is 0.294 e. The highest BCUT2D eigenvalue weighted by atomic mass is 32.1. The van der Waals surface area contributed by atoms with E-state index in [9.17, 15) is 4.79 Å². The van der Waals surface area contributed by atoms with Crippen molar-refractivity contribution in [3.63, 3.8) is 0 Å². The van der Waals surface area contributed by atoms with Gasteiger partial charge in [0.1, 0.15) is 0 Å². The molecule has 3 rings (SSSR count). The van der Waals surface area contributed by atoms with Crippen molar-refractivity contribution >= 4 is 21.6 Å². The van der Waals surface area contributed by atoms with E-state index < -0.39 is 0 Å². The van der Waals surface area contributed by atoms with Crippen LogP contribution in [0, 0.1) is 11.3 Å². The van der Waals surface area contributed by atoms with Gasteiger partial charge in [-0.25, -0.2) is 0 Å². The minimum Gasteiger partial charge on any atom is -0.294 e. The second-order valence-corrected chi connectivity index (χ2v) is 5.22. The van der Waals surface area contributed by atoms with Crippen molar-refractivity contribution in [3.05, 3.63) is 69.3 Å². The highest BCUT2D eigenvalue weighted by Gasteiger charge is 2.07. The molecule has 0 atom stereocenters. The zero-order valence-electron chi connectivity index (χ0n) is 10.0. The Balaban J connectivity index is 2.03. The highest BCUT2D eigenvalue weighted by Crippen LogP contribution is 2.17. The largest absolute Gasteiger partial charge is 0.308 e. The lowest BCUT2D eigenvalue weighted by Gasteiger charge is -2.04. The van der Waals surface area contributed by atoms with Crippen LogP contribution >= 0.6 is 11.3 Å². The molecular formula is C15H10N2OS. The topological polar surface area (TPSA) is 45.8 Å². The van der Waals surface area contributed by atoms with Crippen LogP contribution < -0.4 is 4.87 Å². The quantitative estimate of drug-likeness (QED) is 0.715. The van der Waals surface area contributed by atoms with Gasteiger partial charge in [0.05, 0.1) is 28.4 Å². The number of fused-ring (bicyclic) bond motifs is 1. The normalized spacial score (nSPS) is 10.5. The number of hydrogen-bond acceptors (Lipinski definition) is 3. The van der Waals surface area contributed by atoms with Crippen molar-refractivity contribution in [1.29, 1.82) is 5.26 Å². The number of rotatable bonds is 2. The first-order valence-electron chi connectivity index (χ1n) is 5.85. The van der Waals surface area contributed by atoms with Crippen molar-refractivity contribution in [2.24, 2.45) is 0 Å². The Kier molecular flexibility index (Phi) is 2.90. The molecular weight excluding hydrogens is 256 g/mol. The minimum absolute atomic E-state index is 0.0468. The van der Waals surface area contributed by atoms with Gasteiger partial charge in [-0.3, -0.25) is 9.36 Å². The van der Waals surface area contributed by atoms with Crippen molar-refractivity contribution in [2.45, 2.75) is 6.54 Å². The zero-order chi connectivity index (χ0) is 13.2. The summed E-state index contributed by atoms with van der Waals surface area (Å²) in [5, 5.41) is 8.77. The summed E-state index contributed by atoms with van der Waals surface area (Å²) >= 11 is 1.26. The molecule has 0 aliphatic rings. The molecule has 0 unspecified atom stereocenters. The Labute approximate surface area is 114 Å². The molecule has 0 bridgehead atoms. The third kappa shape index (κ3) is 2.16. The van der Waals surface area contributed by atoms with E-state index in [1.807, 2.05) is 36.4 Å². The Hall–Kier alpha value is -2.38. The van der Waals surface area contributed by atoms with Crippen LogP contribution in [0.4, 0.5) is 0 Å². The van der Waals surface area contributed by atoms with E-state index in [0.29, 0.717) is 12.1 Å². The lowest BCUT2D eigenvalue weighted by molar-refractivity contribution is 0.816. The van der Waals surface area contributed by atoms with Gasteiger partial charge in [-0.15, -0.1) is 0 Å². The molecule has 0 saturated heterocycles. The van der Waals surface area contributed by atoms with Crippen LogP contribution in [0.5, 0.6) is 0 Å². The molecule has 0 amide bonds. The molecule has 2 aromatic carbocycles. The number of nitrogens with zero attached hydrogens (tertiary/aromatic N) is 2. The third-order valence-electron chi connectivity index (χ3n) is 3.00. The minimum atomic E-state index is 0.0468. The first-order valence-corrected chi connectivity index (χ1v) is 6.67. The summed E-state index contributed by atoms with van der Waals surface area (Å²) in [6.45, 7) is 0.536. The third-order valence-corrected chi connectivity index (χ3v) is 3.96. The van der Waals surface area contributed by atoms with Crippen LogP contribution in [0.15, 0.2) is 53.3 Å². The van der Waals surface area contributed by atoms with Crippen LogP contribution in [-0.2, 0) is 6.54 Å². The lowest BCUT2D eigenvalue weighted by atomic mass is 10.1. The maximum atomic E-state index is 12.0. The fourth-order valence-corrected chi connectivity index (χ4v) is 2.92. The molecule has 4 heteroatoms. The molecule has 0 saturated carbocycles. The monoisotopic (exact) mass is 266 g/mol. The summed E-state index contributed by atoms with van der Waals surface area (Å²) in [5.41, 5.74) is 2.61. The molecule has 1 aromatic heterocycles. The zero-order valence-corrected chi connectivity index (χ0v) is 10.9. The molecule has 92 valence electrons. The number of nitriles is 1. The lowest BCUT2D eigenvalue weighted by Crippen LogP contribution is -2.13. The van der Waals surface area contributed by atoms with E-state index >= 15 is 0 Å². The molecule has 0 radical (unpaired) electrons. The number of hydrogen-bond donors (Lipinski definition) is 0. The Morgan fingerprint density at radius 3 is 2.58 bits per heavy atom. The second kappa shape index (κ2) is 4.71. The molecule has 0 aliphatic heterocycles. The van der Waals surface area contributed by atoms with E-state index in [0.717, 1.165) is 15.8 Å². The first-order chi connectivity index (χ1) is 9.28. The summed E-state index contributed by atoms with van der Waals surface area (Å²) in [7, 11) is 0. The van der Waals surface area contributed by atoms with Crippen LogP contribution in [0.1, 0.15) is 11.1 Å². The number of para-hydroxylation sites is 1. The second-order valence-electron chi connectivity index (χ2n) is 4.23. The number of aromatic nitrogens is 1. The SMILES string of the molecule is N#Cc1ccc(Cn2c(=O)sc3ccccc32)cc1. The molecule has 0 spiro atoms. The van der Waals surface area contributed by atoms with E-state index in [1.165, 1.54) is 11.3 Å². The molecule has 1 heterocycles. The standard InChI is InChI=1S/C15H10N2OS/c16-9-11-5-7-12(8-6-11)10-17-13-3-1-2-4-14(13)19-15(17)18/h1-8H,10H2. The van der Waals surface area contributed by atoms with Crippen molar-refractivity contribution in [3.8, 4) is 6.07 Å². The molecule has 0 aliphatic carbocycles. The first kappa shape index (κ1) is 11.7. The average Bonchev–Trinajstić information content (AvgIpc) is 2.76. The molecule has 0 N–H and O–H groups in total. The summed E-state index contributed by atoms with van der Waals surface area (Å²) < 4.78 is 2.77.